The highest BCUT2D eigenvalue weighted by molar-refractivity contribution is 5.40. The van der Waals surface area contributed by atoms with E-state index in [2.05, 4.69) is 5.32 Å². The van der Waals surface area contributed by atoms with Gasteiger partial charge in [0.1, 0.15) is 18.3 Å². The summed E-state index contributed by atoms with van der Waals surface area (Å²) in [6.07, 6.45) is -0.326. The number of rotatable bonds is 3. The quantitative estimate of drug-likeness (QED) is 0.856. The third kappa shape index (κ3) is 2.76. The van der Waals surface area contributed by atoms with Gasteiger partial charge in [0.05, 0.1) is 0 Å². The lowest BCUT2D eigenvalue weighted by atomic mass is 9.98. The molecule has 100 valence electrons. The topological polar surface area (TPSA) is 50.7 Å². The molecular formula is C14H21NO3. The number of aliphatic hydroxyl groups is 1. The van der Waals surface area contributed by atoms with Crippen LogP contribution in [0, 0.1) is 0 Å². The Morgan fingerprint density at radius 1 is 1.39 bits per heavy atom. The lowest BCUT2D eigenvalue weighted by Gasteiger charge is -2.32. The molecule has 2 N–H and O–H groups in total. The normalized spacial score (nSPS) is 27.1. The van der Waals surface area contributed by atoms with Crippen LogP contribution >= 0.6 is 0 Å². The number of hydrogen-bond donors (Lipinski definition) is 2. The number of nitrogens with one attached hydrogen (secondary N) is 1. The summed E-state index contributed by atoms with van der Waals surface area (Å²) in [5, 5.41) is 13.9. The molecule has 0 amide bonds. The number of ether oxygens (including phenoxy) is 2. The van der Waals surface area contributed by atoms with Gasteiger partial charge in [-0.1, -0.05) is 26.0 Å². The summed E-state index contributed by atoms with van der Waals surface area (Å²) in [6.45, 7) is 6.63. The Hall–Kier alpha value is -1.26. The molecule has 4 nitrogen and oxygen atoms in total. The first-order valence-electron chi connectivity index (χ1n) is 6.35. The van der Waals surface area contributed by atoms with E-state index in [0.29, 0.717) is 24.1 Å². The summed E-state index contributed by atoms with van der Waals surface area (Å²) in [5.74, 6) is 1.37. The minimum absolute atomic E-state index is 0.227. The number of para-hydroxylation sites is 2. The van der Waals surface area contributed by atoms with E-state index in [1.54, 1.807) is 0 Å². The summed E-state index contributed by atoms with van der Waals surface area (Å²) >= 11 is 0. The van der Waals surface area contributed by atoms with E-state index >= 15 is 0 Å². The van der Waals surface area contributed by atoms with Crippen LogP contribution in [-0.4, -0.2) is 36.0 Å². The van der Waals surface area contributed by atoms with Crippen molar-refractivity contribution in [2.45, 2.75) is 38.5 Å². The molecule has 0 radical (unpaired) electrons. The molecule has 1 aromatic carbocycles. The van der Waals surface area contributed by atoms with Crippen LogP contribution in [-0.2, 0) is 0 Å². The van der Waals surface area contributed by atoms with Crippen molar-refractivity contribution in [3.8, 4) is 11.5 Å². The van der Waals surface area contributed by atoms with Crippen LogP contribution in [0.2, 0.25) is 0 Å². The molecule has 1 aliphatic heterocycles. The number of fused-ring (bicyclic) bond motifs is 1. The zero-order valence-corrected chi connectivity index (χ0v) is 11.1. The molecular weight excluding hydrogens is 230 g/mol. The van der Waals surface area contributed by atoms with Gasteiger partial charge in [0.25, 0.3) is 0 Å². The van der Waals surface area contributed by atoms with Crippen molar-refractivity contribution in [2.75, 3.05) is 13.2 Å². The molecule has 0 aliphatic carbocycles. The molecule has 0 fully saturated rings. The van der Waals surface area contributed by atoms with Crippen molar-refractivity contribution in [3.63, 3.8) is 0 Å². The summed E-state index contributed by atoms with van der Waals surface area (Å²) in [4.78, 5) is 0. The number of benzene rings is 1. The van der Waals surface area contributed by atoms with E-state index in [1.807, 2.05) is 45.0 Å². The minimum Gasteiger partial charge on any atom is -0.486 e. The molecule has 0 saturated carbocycles. The van der Waals surface area contributed by atoms with E-state index in [1.165, 1.54) is 0 Å². The molecule has 1 aromatic rings. The minimum atomic E-state index is -1.02. The van der Waals surface area contributed by atoms with Crippen LogP contribution in [0.3, 0.4) is 0 Å². The average Bonchev–Trinajstić information content (AvgIpc) is 2.46. The second kappa shape index (κ2) is 5.16. The van der Waals surface area contributed by atoms with Gasteiger partial charge in [0.15, 0.2) is 11.5 Å². The predicted octanol–water partition coefficient (Wildman–Crippen LogP) is 1.58. The third-order valence-electron chi connectivity index (χ3n) is 3.20. The number of hydrogen-bond acceptors (Lipinski definition) is 4. The molecule has 2 atom stereocenters. The van der Waals surface area contributed by atoms with Crippen LogP contribution in [0.15, 0.2) is 24.3 Å². The van der Waals surface area contributed by atoms with Crippen LogP contribution in [0.1, 0.15) is 20.8 Å². The summed E-state index contributed by atoms with van der Waals surface area (Å²) in [6, 6.07) is 7.80. The summed E-state index contributed by atoms with van der Waals surface area (Å²) in [5.41, 5.74) is -1.02. The maximum Gasteiger partial charge on any atom is 0.161 e. The van der Waals surface area contributed by atoms with Gasteiger partial charge >= 0.3 is 0 Å². The van der Waals surface area contributed by atoms with E-state index in [4.69, 9.17) is 9.47 Å². The highest BCUT2D eigenvalue weighted by atomic mass is 16.6. The van der Waals surface area contributed by atoms with Crippen molar-refractivity contribution in [1.82, 2.24) is 5.32 Å². The molecule has 2 unspecified atom stereocenters. The highest BCUT2D eigenvalue weighted by Crippen LogP contribution is 2.33. The van der Waals surface area contributed by atoms with Crippen LogP contribution < -0.4 is 14.8 Å². The van der Waals surface area contributed by atoms with Gasteiger partial charge in [-0.05, 0) is 19.1 Å². The Kier molecular flexibility index (Phi) is 3.78. The molecule has 0 aromatic heterocycles. The largest absolute Gasteiger partial charge is 0.486 e. The SMILES string of the molecule is CC(C)NCC1(O)COc2ccccc2OC1C. The van der Waals surface area contributed by atoms with E-state index in [0.717, 1.165) is 0 Å². The average molecular weight is 251 g/mol. The maximum absolute atomic E-state index is 10.6. The fourth-order valence-corrected chi connectivity index (χ4v) is 1.86. The van der Waals surface area contributed by atoms with Crippen LogP contribution in [0.25, 0.3) is 0 Å². The van der Waals surface area contributed by atoms with Gasteiger partial charge in [-0.15, -0.1) is 0 Å². The summed E-state index contributed by atoms with van der Waals surface area (Å²) in [7, 11) is 0. The van der Waals surface area contributed by atoms with Crippen LogP contribution in [0.4, 0.5) is 0 Å². The van der Waals surface area contributed by atoms with Crippen molar-refractivity contribution >= 4 is 0 Å². The highest BCUT2D eigenvalue weighted by Gasteiger charge is 2.39. The van der Waals surface area contributed by atoms with Gasteiger partial charge in [0, 0.05) is 12.6 Å². The standard InChI is InChI=1S/C14H21NO3/c1-10(2)15-8-14(16)9-17-12-6-4-5-7-13(12)18-11(14)3/h4-7,10-11,15-16H,8-9H2,1-3H3. The molecule has 1 heterocycles. The first-order chi connectivity index (χ1) is 8.51. The van der Waals surface area contributed by atoms with Crippen molar-refractivity contribution in [1.29, 1.82) is 0 Å². The fraction of sp³-hybridized carbons (Fsp3) is 0.571. The molecule has 2 rings (SSSR count). The predicted molar refractivity (Wildman–Crippen MR) is 70.1 cm³/mol. The molecule has 18 heavy (non-hydrogen) atoms. The zero-order valence-electron chi connectivity index (χ0n) is 11.1. The lowest BCUT2D eigenvalue weighted by molar-refractivity contribution is -0.0681. The first kappa shape index (κ1) is 13.2. The molecule has 4 heteroatoms. The third-order valence-corrected chi connectivity index (χ3v) is 3.20. The van der Waals surface area contributed by atoms with Crippen molar-refractivity contribution in [2.24, 2.45) is 0 Å². The van der Waals surface area contributed by atoms with E-state index < -0.39 is 5.60 Å². The second-order valence-electron chi connectivity index (χ2n) is 5.13. The summed E-state index contributed by atoms with van der Waals surface area (Å²) < 4.78 is 11.4. The second-order valence-corrected chi connectivity index (χ2v) is 5.13. The first-order valence-corrected chi connectivity index (χ1v) is 6.35. The molecule has 0 bridgehead atoms. The van der Waals surface area contributed by atoms with Gasteiger partial charge < -0.3 is 19.9 Å². The Labute approximate surface area is 108 Å². The maximum atomic E-state index is 10.6. The van der Waals surface area contributed by atoms with E-state index in [-0.39, 0.29) is 12.7 Å². The van der Waals surface area contributed by atoms with Crippen molar-refractivity contribution in [3.05, 3.63) is 24.3 Å². The van der Waals surface area contributed by atoms with Gasteiger partial charge in [-0.25, -0.2) is 0 Å². The van der Waals surface area contributed by atoms with Gasteiger partial charge in [0.2, 0.25) is 0 Å². The lowest BCUT2D eigenvalue weighted by Crippen LogP contribution is -2.55. The van der Waals surface area contributed by atoms with Gasteiger partial charge in [-0.2, -0.15) is 0 Å². The Morgan fingerprint density at radius 2 is 2.06 bits per heavy atom. The molecule has 0 saturated heterocycles. The zero-order chi connectivity index (χ0) is 13.2. The van der Waals surface area contributed by atoms with Gasteiger partial charge in [-0.3, -0.25) is 0 Å². The Morgan fingerprint density at radius 3 is 2.72 bits per heavy atom. The fourth-order valence-electron chi connectivity index (χ4n) is 1.86. The monoisotopic (exact) mass is 251 g/mol. The van der Waals surface area contributed by atoms with E-state index in [9.17, 15) is 5.11 Å². The van der Waals surface area contributed by atoms with Crippen molar-refractivity contribution < 1.29 is 14.6 Å². The smallest absolute Gasteiger partial charge is 0.161 e. The molecule has 0 spiro atoms. The Bertz CT molecular complexity index is 408. The van der Waals surface area contributed by atoms with Crippen LogP contribution in [0.5, 0.6) is 11.5 Å². The molecule has 1 aliphatic rings. The Balaban J connectivity index is 2.13.